The van der Waals surface area contributed by atoms with E-state index in [2.05, 4.69) is 5.32 Å². The van der Waals surface area contributed by atoms with Crippen LogP contribution in [0.25, 0.3) is 0 Å². The molecule has 0 saturated heterocycles. The standard InChI is InChI=1S/C10H23NO3/c1-9(2,3)14-6-5-11-10(4,7-12)8-13/h11-13H,5-8H2,1-4H3. The van der Waals surface area contributed by atoms with Gasteiger partial charge in [-0.05, 0) is 27.7 Å². The van der Waals surface area contributed by atoms with E-state index in [-0.39, 0.29) is 18.8 Å². The Morgan fingerprint density at radius 3 is 1.93 bits per heavy atom. The molecule has 0 heterocycles. The van der Waals surface area contributed by atoms with Gasteiger partial charge in [0.05, 0.1) is 31.0 Å². The van der Waals surface area contributed by atoms with Crippen LogP contribution in [0.4, 0.5) is 0 Å². The molecule has 4 heteroatoms. The molecule has 0 aliphatic carbocycles. The summed E-state index contributed by atoms with van der Waals surface area (Å²) < 4.78 is 5.49. The molecule has 0 fully saturated rings. The van der Waals surface area contributed by atoms with Crippen LogP contribution in [0.1, 0.15) is 27.7 Å². The minimum absolute atomic E-state index is 0.0843. The Morgan fingerprint density at radius 2 is 1.57 bits per heavy atom. The lowest BCUT2D eigenvalue weighted by molar-refractivity contribution is -0.00641. The number of nitrogens with one attached hydrogen (secondary N) is 1. The van der Waals surface area contributed by atoms with Crippen LogP contribution in [-0.4, -0.2) is 47.7 Å². The first kappa shape index (κ1) is 13.8. The fraction of sp³-hybridized carbons (Fsp3) is 1.00. The second-order valence-electron chi connectivity index (χ2n) is 4.76. The molecular formula is C10H23NO3. The van der Waals surface area contributed by atoms with Crippen molar-refractivity contribution in [1.29, 1.82) is 0 Å². The topological polar surface area (TPSA) is 61.7 Å². The lowest BCUT2D eigenvalue weighted by Crippen LogP contribution is -2.50. The summed E-state index contributed by atoms with van der Waals surface area (Å²) in [6.45, 7) is 8.76. The van der Waals surface area contributed by atoms with Crippen molar-refractivity contribution >= 4 is 0 Å². The Bertz CT molecular complexity index is 150. The molecule has 14 heavy (non-hydrogen) atoms. The number of aliphatic hydroxyl groups excluding tert-OH is 2. The first-order valence-corrected chi connectivity index (χ1v) is 4.94. The second kappa shape index (κ2) is 5.66. The van der Waals surface area contributed by atoms with Gasteiger partial charge in [0.1, 0.15) is 0 Å². The van der Waals surface area contributed by atoms with Crippen LogP contribution in [0, 0.1) is 0 Å². The highest BCUT2D eigenvalue weighted by atomic mass is 16.5. The average Bonchev–Trinajstić information content (AvgIpc) is 2.11. The Hall–Kier alpha value is -0.160. The second-order valence-corrected chi connectivity index (χ2v) is 4.76. The van der Waals surface area contributed by atoms with Crippen LogP contribution in [0.15, 0.2) is 0 Å². The third-order valence-corrected chi connectivity index (χ3v) is 1.89. The van der Waals surface area contributed by atoms with Crippen molar-refractivity contribution in [3.05, 3.63) is 0 Å². The molecule has 0 aliphatic rings. The number of ether oxygens (including phenoxy) is 1. The van der Waals surface area contributed by atoms with Crippen LogP contribution in [-0.2, 0) is 4.74 Å². The number of rotatable bonds is 6. The number of hydrogen-bond acceptors (Lipinski definition) is 4. The first-order chi connectivity index (χ1) is 6.33. The molecule has 0 bridgehead atoms. The molecule has 0 spiro atoms. The molecule has 0 radical (unpaired) electrons. The van der Waals surface area contributed by atoms with E-state index in [1.165, 1.54) is 0 Å². The van der Waals surface area contributed by atoms with E-state index < -0.39 is 5.54 Å². The molecule has 0 aromatic rings. The fourth-order valence-electron chi connectivity index (χ4n) is 0.872. The SMILES string of the molecule is CC(CO)(CO)NCCOC(C)(C)C. The van der Waals surface area contributed by atoms with Gasteiger partial charge < -0.3 is 20.3 Å². The van der Waals surface area contributed by atoms with Crippen molar-refractivity contribution in [2.45, 2.75) is 38.8 Å². The van der Waals surface area contributed by atoms with Crippen LogP contribution in [0.3, 0.4) is 0 Å². The number of aliphatic hydroxyl groups is 2. The normalized spacial score (nSPS) is 13.3. The summed E-state index contributed by atoms with van der Waals surface area (Å²) in [6.07, 6.45) is 0. The highest BCUT2D eigenvalue weighted by Crippen LogP contribution is 2.06. The molecule has 3 N–H and O–H groups in total. The van der Waals surface area contributed by atoms with E-state index in [9.17, 15) is 0 Å². The summed E-state index contributed by atoms with van der Waals surface area (Å²) in [4.78, 5) is 0. The largest absolute Gasteiger partial charge is 0.394 e. The molecule has 0 aliphatic heterocycles. The van der Waals surface area contributed by atoms with E-state index in [1.807, 2.05) is 20.8 Å². The highest BCUT2D eigenvalue weighted by molar-refractivity contribution is 4.80. The Labute approximate surface area is 86.3 Å². The molecule has 0 unspecified atom stereocenters. The van der Waals surface area contributed by atoms with Gasteiger partial charge in [0, 0.05) is 6.54 Å². The quantitative estimate of drug-likeness (QED) is 0.540. The van der Waals surface area contributed by atoms with Gasteiger partial charge >= 0.3 is 0 Å². The maximum atomic E-state index is 8.98. The van der Waals surface area contributed by atoms with Crippen molar-refractivity contribution in [3.8, 4) is 0 Å². The van der Waals surface area contributed by atoms with E-state index >= 15 is 0 Å². The molecule has 0 aromatic carbocycles. The predicted molar refractivity (Wildman–Crippen MR) is 56.3 cm³/mol. The summed E-state index contributed by atoms with van der Waals surface area (Å²) in [5.74, 6) is 0. The highest BCUT2D eigenvalue weighted by Gasteiger charge is 2.21. The summed E-state index contributed by atoms with van der Waals surface area (Å²) in [6, 6.07) is 0. The molecule has 0 amide bonds. The van der Waals surface area contributed by atoms with E-state index in [0.717, 1.165) is 0 Å². The zero-order chi connectivity index (χ0) is 11.2. The summed E-state index contributed by atoms with van der Waals surface area (Å²) in [5.41, 5.74) is -0.752. The van der Waals surface area contributed by atoms with Gasteiger partial charge in [0.2, 0.25) is 0 Å². The Balaban J connectivity index is 3.63. The Kier molecular flexibility index (Phi) is 5.59. The van der Waals surface area contributed by atoms with Gasteiger partial charge in [-0.2, -0.15) is 0 Å². The van der Waals surface area contributed by atoms with E-state index in [0.29, 0.717) is 13.2 Å². The Morgan fingerprint density at radius 1 is 1.07 bits per heavy atom. The van der Waals surface area contributed by atoms with E-state index in [1.54, 1.807) is 6.92 Å². The van der Waals surface area contributed by atoms with Crippen LogP contribution < -0.4 is 5.32 Å². The maximum Gasteiger partial charge on any atom is 0.0633 e. The minimum Gasteiger partial charge on any atom is -0.394 e. The predicted octanol–water partition coefficient (Wildman–Crippen LogP) is 0.134. The summed E-state index contributed by atoms with van der Waals surface area (Å²) in [7, 11) is 0. The van der Waals surface area contributed by atoms with Crippen molar-refractivity contribution < 1.29 is 14.9 Å². The number of hydrogen-bond donors (Lipinski definition) is 3. The molecule has 4 nitrogen and oxygen atoms in total. The molecule has 0 aromatic heterocycles. The van der Waals surface area contributed by atoms with Crippen LogP contribution in [0.5, 0.6) is 0 Å². The zero-order valence-corrected chi connectivity index (χ0v) is 9.63. The van der Waals surface area contributed by atoms with Gasteiger partial charge in [-0.25, -0.2) is 0 Å². The lowest BCUT2D eigenvalue weighted by Gasteiger charge is -2.27. The molecule has 86 valence electrons. The van der Waals surface area contributed by atoms with Gasteiger partial charge in [-0.1, -0.05) is 0 Å². The molecule has 0 saturated carbocycles. The summed E-state index contributed by atoms with van der Waals surface area (Å²) >= 11 is 0. The van der Waals surface area contributed by atoms with Gasteiger partial charge in [-0.15, -0.1) is 0 Å². The summed E-state index contributed by atoms with van der Waals surface area (Å²) in [5, 5.41) is 21.0. The zero-order valence-electron chi connectivity index (χ0n) is 9.63. The third kappa shape index (κ3) is 6.32. The van der Waals surface area contributed by atoms with E-state index in [4.69, 9.17) is 14.9 Å². The molecule has 0 rings (SSSR count). The van der Waals surface area contributed by atoms with Gasteiger partial charge in [0.25, 0.3) is 0 Å². The molecular weight excluding hydrogens is 182 g/mol. The first-order valence-electron chi connectivity index (χ1n) is 4.94. The van der Waals surface area contributed by atoms with Gasteiger partial charge in [0.15, 0.2) is 0 Å². The van der Waals surface area contributed by atoms with Gasteiger partial charge in [-0.3, -0.25) is 0 Å². The monoisotopic (exact) mass is 205 g/mol. The van der Waals surface area contributed by atoms with Crippen molar-refractivity contribution in [1.82, 2.24) is 5.32 Å². The minimum atomic E-state index is -0.610. The van der Waals surface area contributed by atoms with Crippen molar-refractivity contribution in [2.24, 2.45) is 0 Å². The van der Waals surface area contributed by atoms with Crippen molar-refractivity contribution in [2.75, 3.05) is 26.4 Å². The third-order valence-electron chi connectivity index (χ3n) is 1.89. The average molecular weight is 205 g/mol. The van der Waals surface area contributed by atoms with Crippen LogP contribution >= 0.6 is 0 Å². The molecule has 0 atom stereocenters. The lowest BCUT2D eigenvalue weighted by atomic mass is 10.1. The van der Waals surface area contributed by atoms with Crippen LogP contribution in [0.2, 0.25) is 0 Å². The fourth-order valence-corrected chi connectivity index (χ4v) is 0.872. The van der Waals surface area contributed by atoms with Crippen molar-refractivity contribution in [3.63, 3.8) is 0 Å². The smallest absolute Gasteiger partial charge is 0.0633 e. The maximum absolute atomic E-state index is 8.98.